The number of hydrogen-bond donors (Lipinski definition) is 1. The van der Waals surface area contributed by atoms with E-state index in [1.807, 2.05) is 6.92 Å². The molecule has 30 heavy (non-hydrogen) atoms. The highest BCUT2D eigenvalue weighted by molar-refractivity contribution is 8.00. The van der Waals surface area contributed by atoms with Gasteiger partial charge in [-0.15, -0.1) is 15.3 Å². The van der Waals surface area contributed by atoms with Crippen molar-refractivity contribution in [3.8, 4) is 5.88 Å². The topological polar surface area (TPSA) is 81.9 Å². The Morgan fingerprint density at radius 1 is 1.23 bits per heavy atom. The quantitative estimate of drug-likeness (QED) is 0.390. The van der Waals surface area contributed by atoms with Crippen LogP contribution in [-0.2, 0) is 18.5 Å². The number of aromatic nitrogens is 4. The van der Waals surface area contributed by atoms with Crippen molar-refractivity contribution < 1.29 is 22.7 Å². The van der Waals surface area contributed by atoms with Gasteiger partial charge in [0.1, 0.15) is 5.56 Å². The molecule has 0 fully saturated rings. The van der Waals surface area contributed by atoms with Crippen molar-refractivity contribution in [3.63, 3.8) is 0 Å². The monoisotopic (exact) mass is 457 g/mol. The van der Waals surface area contributed by atoms with Crippen LogP contribution in [0.2, 0.25) is 0 Å². The number of ether oxygens (including phenoxy) is 1. The van der Waals surface area contributed by atoms with Gasteiger partial charge in [0.2, 0.25) is 11.0 Å². The lowest BCUT2D eigenvalue weighted by atomic mass is 10.1. The van der Waals surface area contributed by atoms with Gasteiger partial charge >= 0.3 is 6.18 Å². The molecule has 0 unspecified atom stereocenters. The van der Waals surface area contributed by atoms with Crippen LogP contribution >= 0.6 is 23.1 Å². The van der Waals surface area contributed by atoms with Crippen LogP contribution in [0.25, 0.3) is 0 Å². The molecular weight excluding hydrogens is 439 g/mol. The standard InChI is InChI=1S/C18H18F3N5O2S2/c1-3-26-9-13(15(25-26)28-4-2)14(27)22-16-23-24-17(30-16)29-10-11-5-7-12(8-6-11)18(19,20)21/h5-9H,3-4,10H2,1-2H3,(H,22,23,27). The summed E-state index contributed by atoms with van der Waals surface area (Å²) in [5, 5.41) is 15.1. The van der Waals surface area contributed by atoms with Crippen molar-refractivity contribution in [1.29, 1.82) is 0 Å². The van der Waals surface area contributed by atoms with Crippen LogP contribution in [-0.4, -0.2) is 32.5 Å². The molecule has 160 valence electrons. The number of carbonyl (C=O) groups is 1. The normalized spacial score (nSPS) is 11.5. The zero-order chi connectivity index (χ0) is 21.7. The first kappa shape index (κ1) is 22.1. The van der Waals surface area contributed by atoms with E-state index in [1.54, 1.807) is 17.8 Å². The molecule has 0 saturated carbocycles. The number of rotatable bonds is 8. The highest BCUT2D eigenvalue weighted by atomic mass is 32.2. The summed E-state index contributed by atoms with van der Waals surface area (Å²) in [4.78, 5) is 12.5. The summed E-state index contributed by atoms with van der Waals surface area (Å²) in [5.41, 5.74) is 0.338. The number of hydrogen-bond acceptors (Lipinski definition) is 7. The Morgan fingerprint density at radius 3 is 2.60 bits per heavy atom. The number of alkyl halides is 3. The molecule has 2 aromatic heterocycles. The molecule has 1 N–H and O–H groups in total. The third-order valence-corrected chi connectivity index (χ3v) is 5.89. The van der Waals surface area contributed by atoms with Gasteiger partial charge in [-0.25, -0.2) is 0 Å². The molecule has 0 aliphatic carbocycles. The molecule has 1 amide bonds. The number of thioether (sulfide) groups is 1. The molecule has 0 radical (unpaired) electrons. The third-order valence-electron chi connectivity index (χ3n) is 3.85. The maximum atomic E-state index is 12.6. The summed E-state index contributed by atoms with van der Waals surface area (Å²) >= 11 is 2.50. The second-order valence-corrected chi connectivity index (χ2v) is 8.15. The van der Waals surface area contributed by atoms with E-state index in [-0.39, 0.29) is 5.88 Å². The fourth-order valence-electron chi connectivity index (χ4n) is 2.38. The van der Waals surface area contributed by atoms with Gasteiger partial charge in [-0.2, -0.15) is 13.2 Å². The molecular formula is C18H18F3N5O2S2. The van der Waals surface area contributed by atoms with E-state index in [0.717, 1.165) is 17.7 Å². The predicted octanol–water partition coefficient (Wildman–Crippen LogP) is 4.72. The molecule has 3 aromatic rings. The fraction of sp³-hybridized carbons (Fsp3) is 0.333. The SMILES string of the molecule is CCOc1nn(CC)cc1C(=O)Nc1nnc(SCc2ccc(C(F)(F)F)cc2)s1. The first-order valence-corrected chi connectivity index (χ1v) is 10.7. The fourth-order valence-corrected chi connectivity index (χ4v) is 4.09. The Bertz CT molecular complexity index is 1000. The molecule has 3 rings (SSSR count). The lowest BCUT2D eigenvalue weighted by Crippen LogP contribution is -2.12. The number of amides is 1. The maximum absolute atomic E-state index is 12.6. The Balaban J connectivity index is 1.60. The van der Waals surface area contributed by atoms with Crippen molar-refractivity contribution in [2.45, 2.75) is 36.7 Å². The lowest BCUT2D eigenvalue weighted by Gasteiger charge is -2.06. The second kappa shape index (κ2) is 9.47. The minimum Gasteiger partial charge on any atom is -0.476 e. The molecule has 1 aromatic carbocycles. The van der Waals surface area contributed by atoms with Gasteiger partial charge in [0.15, 0.2) is 4.34 Å². The molecule has 0 aliphatic heterocycles. The summed E-state index contributed by atoms with van der Waals surface area (Å²) < 4.78 is 45.4. The van der Waals surface area contributed by atoms with E-state index in [2.05, 4.69) is 20.6 Å². The van der Waals surface area contributed by atoms with Crippen molar-refractivity contribution >= 4 is 34.1 Å². The maximum Gasteiger partial charge on any atom is 0.416 e. The number of benzene rings is 1. The summed E-state index contributed by atoms with van der Waals surface area (Å²) in [6.07, 6.45) is -2.75. The van der Waals surface area contributed by atoms with Gasteiger partial charge < -0.3 is 4.74 Å². The first-order chi connectivity index (χ1) is 14.3. The van der Waals surface area contributed by atoms with Crippen molar-refractivity contribution in [2.24, 2.45) is 0 Å². The first-order valence-electron chi connectivity index (χ1n) is 8.94. The lowest BCUT2D eigenvalue weighted by molar-refractivity contribution is -0.137. The number of carbonyl (C=O) groups excluding carboxylic acids is 1. The second-order valence-electron chi connectivity index (χ2n) is 5.95. The molecule has 12 heteroatoms. The smallest absolute Gasteiger partial charge is 0.416 e. The molecule has 0 bridgehead atoms. The number of nitrogens with zero attached hydrogens (tertiary/aromatic N) is 4. The van der Waals surface area contributed by atoms with Crippen molar-refractivity contribution in [1.82, 2.24) is 20.0 Å². The van der Waals surface area contributed by atoms with Crippen LogP contribution in [0, 0.1) is 0 Å². The van der Waals surface area contributed by atoms with Gasteiger partial charge in [0.25, 0.3) is 5.91 Å². The van der Waals surface area contributed by atoms with Crippen molar-refractivity contribution in [2.75, 3.05) is 11.9 Å². The van der Waals surface area contributed by atoms with E-state index < -0.39 is 17.6 Å². The Labute approximate surface area is 178 Å². The minimum atomic E-state index is -4.35. The zero-order valence-electron chi connectivity index (χ0n) is 16.1. The summed E-state index contributed by atoms with van der Waals surface area (Å²) in [6.45, 7) is 4.67. The van der Waals surface area contributed by atoms with Crippen LogP contribution in [0.5, 0.6) is 5.88 Å². The molecule has 0 spiro atoms. The van der Waals surface area contributed by atoms with Gasteiger partial charge in [-0.3, -0.25) is 14.8 Å². The van der Waals surface area contributed by atoms with Gasteiger partial charge in [-0.05, 0) is 31.5 Å². The summed E-state index contributed by atoms with van der Waals surface area (Å²) in [7, 11) is 0. The van der Waals surface area contributed by atoms with E-state index in [9.17, 15) is 18.0 Å². The van der Waals surface area contributed by atoms with Crippen LogP contribution in [0.1, 0.15) is 35.3 Å². The van der Waals surface area contributed by atoms with Crippen molar-refractivity contribution in [3.05, 3.63) is 47.2 Å². The van der Waals surface area contributed by atoms with E-state index >= 15 is 0 Å². The number of anilines is 1. The number of halogens is 3. The average Bonchev–Trinajstić information content (AvgIpc) is 3.33. The molecule has 0 aliphatic rings. The summed E-state index contributed by atoms with van der Waals surface area (Å²) in [5.74, 6) is 0.269. The number of nitrogens with one attached hydrogen (secondary N) is 1. The molecule has 0 atom stereocenters. The largest absolute Gasteiger partial charge is 0.476 e. The van der Waals surface area contributed by atoms with Crippen LogP contribution < -0.4 is 10.1 Å². The van der Waals surface area contributed by atoms with E-state index in [4.69, 9.17) is 4.74 Å². The highest BCUT2D eigenvalue weighted by Crippen LogP contribution is 2.32. The molecule has 2 heterocycles. The summed E-state index contributed by atoms with van der Waals surface area (Å²) in [6, 6.07) is 4.96. The van der Waals surface area contributed by atoms with E-state index in [1.165, 1.54) is 35.2 Å². The predicted molar refractivity (Wildman–Crippen MR) is 108 cm³/mol. The average molecular weight is 458 g/mol. The van der Waals surface area contributed by atoms with E-state index in [0.29, 0.717) is 33.9 Å². The van der Waals surface area contributed by atoms with Gasteiger partial charge in [-0.1, -0.05) is 35.2 Å². The van der Waals surface area contributed by atoms with Gasteiger partial charge in [0.05, 0.1) is 12.2 Å². The molecule has 7 nitrogen and oxygen atoms in total. The third kappa shape index (κ3) is 5.51. The Kier molecular flexibility index (Phi) is 6.98. The zero-order valence-corrected chi connectivity index (χ0v) is 17.7. The van der Waals surface area contributed by atoms with Crippen LogP contribution in [0.4, 0.5) is 18.3 Å². The van der Waals surface area contributed by atoms with Gasteiger partial charge in [0, 0.05) is 18.5 Å². The minimum absolute atomic E-state index is 0.248. The Morgan fingerprint density at radius 2 is 1.97 bits per heavy atom. The van der Waals surface area contributed by atoms with Crippen LogP contribution in [0.15, 0.2) is 34.8 Å². The number of aryl methyl sites for hydroxylation is 1. The highest BCUT2D eigenvalue weighted by Gasteiger charge is 2.29. The molecule has 0 saturated heterocycles. The van der Waals surface area contributed by atoms with Crippen LogP contribution in [0.3, 0.4) is 0 Å². The Hall–Kier alpha value is -2.60.